The van der Waals surface area contributed by atoms with Gasteiger partial charge in [0, 0.05) is 30.9 Å². The number of piperazine rings is 1. The molecule has 11 nitrogen and oxygen atoms in total. The van der Waals surface area contributed by atoms with E-state index in [9.17, 15) is 33.3 Å². The molecule has 4 N–H and O–H groups in total. The fraction of sp³-hybridized carbons (Fsp3) is 0.160. The summed E-state index contributed by atoms with van der Waals surface area (Å²) in [6.45, 7) is -0.689. The molecule has 1 atom stereocenters. The normalized spacial score (nSPS) is 16.1. The topological polar surface area (TPSA) is 171 Å². The van der Waals surface area contributed by atoms with Crippen molar-refractivity contribution in [1.29, 1.82) is 5.26 Å². The molecule has 0 spiro atoms. The van der Waals surface area contributed by atoms with Crippen LogP contribution < -0.4 is 5.32 Å². The van der Waals surface area contributed by atoms with Crippen LogP contribution in [0.1, 0.15) is 15.9 Å². The summed E-state index contributed by atoms with van der Waals surface area (Å²) in [5.74, 6) is -3.65. The van der Waals surface area contributed by atoms with Crippen LogP contribution in [0.2, 0.25) is 0 Å². The summed E-state index contributed by atoms with van der Waals surface area (Å²) in [7, 11) is -4.07. The molecule has 0 bridgehead atoms. The molecule has 1 fully saturated rings. The van der Waals surface area contributed by atoms with E-state index in [4.69, 9.17) is 5.26 Å². The lowest BCUT2D eigenvalue weighted by atomic mass is 10.1. The van der Waals surface area contributed by atoms with Crippen molar-refractivity contribution in [2.75, 3.05) is 25.0 Å². The van der Waals surface area contributed by atoms with Crippen molar-refractivity contribution in [1.82, 2.24) is 9.21 Å². The lowest BCUT2D eigenvalue weighted by Gasteiger charge is -2.40. The fourth-order valence-corrected chi connectivity index (χ4v) is 5.37. The van der Waals surface area contributed by atoms with Gasteiger partial charge in [-0.05, 0) is 48.5 Å². The third-order valence-corrected chi connectivity index (χ3v) is 7.77. The largest absolute Gasteiger partial charge is 0.504 e. The number of hydrogen-bond donors (Lipinski definition) is 4. The SMILES string of the molecule is N#Cc1ccc(S(=O)(=O)N2CCN(C(=O)c3cc(O)c(O)c(O)c3)C(C(=O)Nc3ccccc3)C2)cc1. The van der Waals surface area contributed by atoms with Crippen molar-refractivity contribution < 1.29 is 33.3 Å². The van der Waals surface area contributed by atoms with E-state index in [2.05, 4.69) is 5.32 Å². The van der Waals surface area contributed by atoms with Crippen LogP contribution in [-0.4, -0.2) is 70.4 Å². The van der Waals surface area contributed by atoms with E-state index in [1.165, 1.54) is 24.3 Å². The highest BCUT2D eigenvalue weighted by Gasteiger charge is 2.40. The van der Waals surface area contributed by atoms with Gasteiger partial charge in [-0.2, -0.15) is 9.57 Å². The van der Waals surface area contributed by atoms with Crippen molar-refractivity contribution >= 4 is 27.5 Å². The molecule has 3 aromatic carbocycles. The van der Waals surface area contributed by atoms with Crippen LogP contribution in [0.25, 0.3) is 0 Å². The number of benzene rings is 3. The van der Waals surface area contributed by atoms with E-state index in [0.717, 1.165) is 21.3 Å². The fourth-order valence-electron chi connectivity index (χ4n) is 3.93. The number of carbonyl (C=O) groups excluding carboxylic acids is 2. The molecule has 1 unspecified atom stereocenters. The molecule has 1 heterocycles. The molecule has 0 saturated carbocycles. The van der Waals surface area contributed by atoms with Crippen LogP contribution in [0.3, 0.4) is 0 Å². The Labute approximate surface area is 212 Å². The molecular weight excluding hydrogens is 500 g/mol. The van der Waals surface area contributed by atoms with Crippen molar-refractivity contribution in [3.05, 3.63) is 77.9 Å². The molecule has 12 heteroatoms. The van der Waals surface area contributed by atoms with Gasteiger partial charge in [0.15, 0.2) is 17.2 Å². The van der Waals surface area contributed by atoms with Gasteiger partial charge in [0.05, 0.1) is 16.5 Å². The Morgan fingerprint density at radius 1 is 0.946 bits per heavy atom. The van der Waals surface area contributed by atoms with Crippen molar-refractivity contribution in [3.8, 4) is 23.3 Å². The molecule has 3 aromatic rings. The van der Waals surface area contributed by atoms with E-state index in [1.807, 2.05) is 6.07 Å². The number of carbonyl (C=O) groups is 2. The predicted octanol–water partition coefficient (Wildman–Crippen LogP) is 1.83. The quantitative estimate of drug-likeness (QED) is 0.368. The van der Waals surface area contributed by atoms with E-state index >= 15 is 0 Å². The minimum Gasteiger partial charge on any atom is -0.504 e. The Hall–Kier alpha value is -4.60. The number of nitriles is 1. The summed E-state index contributed by atoms with van der Waals surface area (Å²) < 4.78 is 27.7. The molecule has 0 aliphatic carbocycles. The first-order chi connectivity index (χ1) is 17.6. The second kappa shape index (κ2) is 10.2. The number of nitrogens with zero attached hydrogens (tertiary/aromatic N) is 3. The number of anilines is 1. The summed E-state index contributed by atoms with van der Waals surface area (Å²) in [6.07, 6.45) is 0. The number of nitrogens with one attached hydrogen (secondary N) is 1. The predicted molar refractivity (Wildman–Crippen MR) is 131 cm³/mol. The molecule has 2 amide bonds. The van der Waals surface area contributed by atoms with Crippen molar-refractivity contribution in [3.63, 3.8) is 0 Å². The molecule has 0 radical (unpaired) electrons. The van der Waals surface area contributed by atoms with Gasteiger partial charge in [0.1, 0.15) is 6.04 Å². The molecule has 37 heavy (non-hydrogen) atoms. The van der Waals surface area contributed by atoms with Crippen molar-refractivity contribution in [2.45, 2.75) is 10.9 Å². The average Bonchev–Trinajstić information content (AvgIpc) is 2.91. The third-order valence-electron chi connectivity index (χ3n) is 5.89. The molecule has 1 aliphatic heterocycles. The summed E-state index contributed by atoms with van der Waals surface area (Å²) in [5.41, 5.74) is 0.524. The van der Waals surface area contributed by atoms with Gasteiger partial charge in [0.2, 0.25) is 15.9 Å². The van der Waals surface area contributed by atoms with Gasteiger partial charge in [0.25, 0.3) is 5.91 Å². The number of aromatic hydroxyl groups is 3. The van der Waals surface area contributed by atoms with E-state index in [-0.39, 0.29) is 35.7 Å². The molecule has 1 saturated heterocycles. The van der Waals surface area contributed by atoms with Gasteiger partial charge >= 0.3 is 0 Å². The van der Waals surface area contributed by atoms with Crippen LogP contribution in [0, 0.1) is 11.3 Å². The first-order valence-corrected chi connectivity index (χ1v) is 12.5. The summed E-state index contributed by atoms with van der Waals surface area (Å²) in [4.78, 5) is 27.7. The lowest BCUT2D eigenvalue weighted by molar-refractivity contribution is -0.121. The third kappa shape index (κ3) is 5.18. The lowest BCUT2D eigenvalue weighted by Crippen LogP contribution is -2.60. The number of rotatable bonds is 5. The monoisotopic (exact) mass is 522 g/mol. The Morgan fingerprint density at radius 2 is 1.57 bits per heavy atom. The van der Waals surface area contributed by atoms with Crippen LogP contribution >= 0.6 is 0 Å². The second-order valence-corrected chi connectivity index (χ2v) is 10.2. The summed E-state index contributed by atoms with van der Waals surface area (Å²) in [6, 6.07) is 16.3. The molecule has 190 valence electrons. The zero-order valence-corrected chi connectivity index (χ0v) is 20.1. The van der Waals surface area contributed by atoms with E-state index in [1.54, 1.807) is 30.3 Å². The standard InChI is InChI=1S/C25H22N4O7S/c26-14-16-6-8-19(9-7-16)37(35,36)28-10-11-29(25(34)17-12-21(30)23(32)22(31)13-17)20(15-28)24(33)27-18-4-2-1-3-5-18/h1-9,12-13,20,30-32H,10-11,15H2,(H,27,33). The van der Waals surface area contributed by atoms with Gasteiger partial charge < -0.3 is 25.5 Å². The second-order valence-electron chi connectivity index (χ2n) is 8.23. The highest BCUT2D eigenvalue weighted by molar-refractivity contribution is 7.89. The van der Waals surface area contributed by atoms with Gasteiger partial charge in [-0.15, -0.1) is 0 Å². The highest BCUT2D eigenvalue weighted by Crippen LogP contribution is 2.36. The maximum Gasteiger partial charge on any atom is 0.254 e. The number of phenols is 3. The maximum atomic E-state index is 13.3. The molecule has 0 aromatic heterocycles. The minimum atomic E-state index is -4.07. The molecule has 1 aliphatic rings. The minimum absolute atomic E-state index is 0.0677. The van der Waals surface area contributed by atoms with E-state index < -0.39 is 45.1 Å². The maximum absolute atomic E-state index is 13.3. The molecular formula is C25H22N4O7S. The zero-order chi connectivity index (χ0) is 26.7. The van der Waals surface area contributed by atoms with Crippen LogP contribution in [0.4, 0.5) is 5.69 Å². The van der Waals surface area contributed by atoms with E-state index in [0.29, 0.717) is 5.69 Å². The Balaban J connectivity index is 1.66. The molecule has 4 rings (SSSR count). The van der Waals surface area contributed by atoms with Gasteiger partial charge in [-0.1, -0.05) is 18.2 Å². The smallest absolute Gasteiger partial charge is 0.254 e. The Morgan fingerprint density at radius 3 is 2.16 bits per heavy atom. The summed E-state index contributed by atoms with van der Waals surface area (Å²) in [5, 5.41) is 41.0. The zero-order valence-electron chi connectivity index (χ0n) is 19.3. The first kappa shape index (κ1) is 25.5. The van der Waals surface area contributed by atoms with Crippen molar-refractivity contribution in [2.24, 2.45) is 0 Å². The summed E-state index contributed by atoms with van der Waals surface area (Å²) >= 11 is 0. The van der Waals surface area contributed by atoms with Gasteiger partial charge in [-0.25, -0.2) is 8.42 Å². The number of phenolic OH excluding ortho intramolecular Hbond substituents is 3. The van der Waals surface area contributed by atoms with Crippen LogP contribution in [0.15, 0.2) is 71.6 Å². The van der Waals surface area contributed by atoms with Crippen LogP contribution in [-0.2, 0) is 14.8 Å². The number of hydrogen-bond acceptors (Lipinski definition) is 8. The highest BCUT2D eigenvalue weighted by atomic mass is 32.2. The number of para-hydroxylation sites is 1. The number of amides is 2. The van der Waals surface area contributed by atoms with Gasteiger partial charge in [-0.3, -0.25) is 9.59 Å². The average molecular weight is 523 g/mol. The first-order valence-electron chi connectivity index (χ1n) is 11.0. The van der Waals surface area contributed by atoms with Crippen LogP contribution in [0.5, 0.6) is 17.2 Å². The Kier molecular flexibility index (Phi) is 7.01. The Bertz CT molecular complexity index is 1460. The number of sulfonamides is 1.